The smallest absolute Gasteiger partial charge is 0.276 e. The highest BCUT2D eigenvalue weighted by Gasteiger charge is 1.87. The first-order chi connectivity index (χ1) is 4.79. The van der Waals surface area contributed by atoms with Crippen LogP contribution in [0.15, 0.2) is 30.3 Å². The predicted octanol–water partition coefficient (Wildman–Crippen LogP) is 1.50. The Labute approximate surface area is 58.3 Å². The largest absolute Gasteiger partial charge is 0.481 e. The lowest BCUT2D eigenvalue weighted by Crippen LogP contribution is -1.80. The number of hydrogen-bond acceptors (Lipinski definition) is 3. The number of rotatable bonds is 1. The molecule has 0 saturated carbocycles. The monoisotopic (exact) mass is 137 g/mol. The van der Waals surface area contributed by atoms with Gasteiger partial charge < -0.3 is 10.2 Å². The molecule has 0 unspecified atom stereocenters. The molecule has 1 heterocycles. The summed E-state index contributed by atoms with van der Waals surface area (Å²) in [4.78, 5) is 3.82. The normalized spacial score (nSPS) is 8.80. The van der Waals surface area contributed by atoms with E-state index in [9.17, 15) is 0 Å². The standard InChI is InChI=1S/C7H7NO2/c9-7(10)5-6-3-1-2-4-8-6/h1-5,9-10H. The first kappa shape index (κ1) is 6.61. The Balaban J connectivity index is 2.87. The van der Waals surface area contributed by atoms with Crippen LogP contribution in [0, 0.1) is 0 Å². The quantitative estimate of drug-likeness (QED) is 0.576. The summed E-state index contributed by atoms with van der Waals surface area (Å²) in [6.07, 6.45) is 2.74. The Bertz CT molecular complexity index is 227. The fraction of sp³-hybridized carbons (Fsp3) is 0. The lowest BCUT2D eigenvalue weighted by molar-refractivity contribution is 0.197. The molecule has 52 valence electrons. The summed E-state index contributed by atoms with van der Waals surface area (Å²) in [5.41, 5.74) is 0.530. The number of aliphatic hydroxyl groups is 2. The zero-order valence-corrected chi connectivity index (χ0v) is 5.23. The predicted molar refractivity (Wildman–Crippen MR) is 37.5 cm³/mol. The minimum Gasteiger partial charge on any atom is -0.481 e. The SMILES string of the molecule is OC(O)=Cc1ccccn1. The molecule has 0 radical (unpaired) electrons. The lowest BCUT2D eigenvalue weighted by Gasteiger charge is -1.88. The molecule has 1 rings (SSSR count). The third-order valence-electron chi connectivity index (χ3n) is 0.965. The van der Waals surface area contributed by atoms with Crippen molar-refractivity contribution in [1.82, 2.24) is 4.98 Å². The molecule has 0 fully saturated rings. The molecule has 3 nitrogen and oxygen atoms in total. The van der Waals surface area contributed by atoms with Gasteiger partial charge in [-0.25, -0.2) is 0 Å². The van der Waals surface area contributed by atoms with Crippen LogP contribution < -0.4 is 0 Å². The molecule has 0 saturated heterocycles. The van der Waals surface area contributed by atoms with Crippen LogP contribution >= 0.6 is 0 Å². The minimum atomic E-state index is -0.723. The highest BCUT2D eigenvalue weighted by atomic mass is 16.5. The van der Waals surface area contributed by atoms with Gasteiger partial charge in [-0.15, -0.1) is 0 Å². The van der Waals surface area contributed by atoms with Crippen molar-refractivity contribution in [3.05, 3.63) is 36.0 Å². The van der Waals surface area contributed by atoms with Crippen LogP contribution in [-0.2, 0) is 0 Å². The number of pyridine rings is 1. The second kappa shape index (κ2) is 2.87. The Morgan fingerprint density at radius 2 is 2.20 bits per heavy atom. The summed E-state index contributed by atoms with van der Waals surface area (Å²) in [7, 11) is 0. The van der Waals surface area contributed by atoms with Gasteiger partial charge in [-0.05, 0) is 12.1 Å². The molecule has 0 atom stereocenters. The fourth-order valence-corrected chi connectivity index (χ4v) is 0.594. The number of aromatic nitrogens is 1. The van der Waals surface area contributed by atoms with Crippen LogP contribution in [0.1, 0.15) is 5.69 Å². The summed E-state index contributed by atoms with van der Waals surface area (Å²) >= 11 is 0. The summed E-state index contributed by atoms with van der Waals surface area (Å²) in [5.74, 6) is -0.723. The number of aliphatic hydroxyl groups excluding tert-OH is 1. The van der Waals surface area contributed by atoms with Gasteiger partial charge in [-0.1, -0.05) is 6.07 Å². The Morgan fingerprint density at radius 3 is 2.70 bits per heavy atom. The van der Waals surface area contributed by atoms with Gasteiger partial charge in [0.25, 0.3) is 5.95 Å². The van der Waals surface area contributed by atoms with E-state index in [1.807, 2.05) is 0 Å². The van der Waals surface area contributed by atoms with Gasteiger partial charge in [0.15, 0.2) is 0 Å². The maximum Gasteiger partial charge on any atom is 0.276 e. The van der Waals surface area contributed by atoms with Crippen molar-refractivity contribution in [2.24, 2.45) is 0 Å². The van der Waals surface area contributed by atoms with Crippen LogP contribution in [0.25, 0.3) is 6.08 Å². The van der Waals surface area contributed by atoms with Gasteiger partial charge >= 0.3 is 0 Å². The fourth-order valence-electron chi connectivity index (χ4n) is 0.594. The first-order valence-electron chi connectivity index (χ1n) is 2.80. The van der Waals surface area contributed by atoms with E-state index in [1.165, 1.54) is 6.08 Å². The maximum absolute atomic E-state index is 8.38. The summed E-state index contributed by atoms with van der Waals surface area (Å²) in [6.45, 7) is 0. The number of hydrogen-bond donors (Lipinski definition) is 2. The van der Waals surface area contributed by atoms with Gasteiger partial charge in [-0.3, -0.25) is 4.98 Å². The van der Waals surface area contributed by atoms with E-state index in [0.29, 0.717) is 5.69 Å². The van der Waals surface area contributed by atoms with Crippen LogP contribution in [-0.4, -0.2) is 15.2 Å². The van der Waals surface area contributed by atoms with Crippen LogP contribution in [0.4, 0.5) is 0 Å². The van der Waals surface area contributed by atoms with Crippen LogP contribution in [0.3, 0.4) is 0 Å². The van der Waals surface area contributed by atoms with Gasteiger partial charge in [0.2, 0.25) is 0 Å². The molecule has 0 amide bonds. The minimum absolute atomic E-state index is 0.530. The Morgan fingerprint density at radius 1 is 1.40 bits per heavy atom. The van der Waals surface area contributed by atoms with E-state index in [4.69, 9.17) is 10.2 Å². The average Bonchev–Trinajstić information content (AvgIpc) is 1.88. The molecule has 0 aromatic carbocycles. The van der Waals surface area contributed by atoms with Crippen molar-refractivity contribution in [2.75, 3.05) is 0 Å². The zero-order chi connectivity index (χ0) is 7.40. The van der Waals surface area contributed by atoms with E-state index in [2.05, 4.69) is 4.98 Å². The van der Waals surface area contributed by atoms with Crippen LogP contribution in [0.5, 0.6) is 0 Å². The molecule has 1 aromatic heterocycles. The molecule has 1 aromatic rings. The second-order valence-corrected chi connectivity index (χ2v) is 1.76. The summed E-state index contributed by atoms with van der Waals surface area (Å²) < 4.78 is 0. The maximum atomic E-state index is 8.38. The molecule has 2 N–H and O–H groups in total. The molecule has 0 spiro atoms. The van der Waals surface area contributed by atoms with E-state index in [-0.39, 0.29) is 0 Å². The van der Waals surface area contributed by atoms with Gasteiger partial charge in [-0.2, -0.15) is 0 Å². The van der Waals surface area contributed by atoms with Crippen molar-refractivity contribution in [1.29, 1.82) is 0 Å². The summed E-state index contributed by atoms with van der Waals surface area (Å²) in [6, 6.07) is 5.19. The Hall–Kier alpha value is -1.51. The van der Waals surface area contributed by atoms with Crippen molar-refractivity contribution in [2.45, 2.75) is 0 Å². The molecule has 10 heavy (non-hydrogen) atoms. The molecular formula is C7H7NO2. The van der Waals surface area contributed by atoms with E-state index >= 15 is 0 Å². The van der Waals surface area contributed by atoms with Gasteiger partial charge in [0.1, 0.15) is 0 Å². The highest BCUT2D eigenvalue weighted by Crippen LogP contribution is 1.97. The first-order valence-corrected chi connectivity index (χ1v) is 2.80. The third-order valence-corrected chi connectivity index (χ3v) is 0.965. The average molecular weight is 137 g/mol. The van der Waals surface area contributed by atoms with E-state index < -0.39 is 5.95 Å². The summed E-state index contributed by atoms with van der Waals surface area (Å²) in [5, 5.41) is 16.8. The third kappa shape index (κ3) is 1.78. The van der Waals surface area contributed by atoms with Crippen molar-refractivity contribution < 1.29 is 10.2 Å². The molecule has 3 heteroatoms. The topological polar surface area (TPSA) is 53.4 Å². The highest BCUT2D eigenvalue weighted by molar-refractivity contribution is 5.43. The molecule has 0 aliphatic rings. The molecule has 0 aliphatic heterocycles. The van der Waals surface area contributed by atoms with Crippen molar-refractivity contribution in [3.63, 3.8) is 0 Å². The van der Waals surface area contributed by atoms with Crippen molar-refractivity contribution in [3.8, 4) is 0 Å². The van der Waals surface area contributed by atoms with Gasteiger partial charge in [0.05, 0.1) is 5.69 Å². The van der Waals surface area contributed by atoms with Crippen LogP contribution in [0.2, 0.25) is 0 Å². The second-order valence-electron chi connectivity index (χ2n) is 1.76. The van der Waals surface area contributed by atoms with Crippen molar-refractivity contribution >= 4 is 6.08 Å². The molecule has 0 aliphatic carbocycles. The van der Waals surface area contributed by atoms with E-state index in [0.717, 1.165) is 0 Å². The lowest BCUT2D eigenvalue weighted by atomic mass is 10.3. The van der Waals surface area contributed by atoms with E-state index in [1.54, 1.807) is 24.4 Å². The Kier molecular flexibility index (Phi) is 1.89. The van der Waals surface area contributed by atoms with Gasteiger partial charge in [0, 0.05) is 12.3 Å². The molecule has 0 bridgehead atoms. The zero-order valence-electron chi connectivity index (χ0n) is 5.23. The number of nitrogens with zero attached hydrogens (tertiary/aromatic N) is 1. The molecular weight excluding hydrogens is 130 g/mol.